The van der Waals surface area contributed by atoms with Gasteiger partial charge in [-0.25, -0.2) is 0 Å². The minimum Gasteiger partial charge on any atom is -0.465 e. The smallest absolute Gasteiger partial charge is 0.306 e. The molecule has 2 atom stereocenters. The highest BCUT2D eigenvalue weighted by Gasteiger charge is 2.16. The van der Waals surface area contributed by atoms with E-state index in [0.717, 1.165) is 109 Å². The van der Waals surface area contributed by atoms with E-state index < -0.39 is 6.10 Å². The number of amides is 1. The fraction of sp³-hybridized carbons (Fsp3) is 0.863. The maximum absolute atomic E-state index is 12.9. The van der Waals surface area contributed by atoms with Gasteiger partial charge in [0.15, 0.2) is 0 Å². The molecule has 0 fully saturated rings. The Balaban J connectivity index is 2.43. The Labute approximate surface area is 369 Å². The third kappa shape index (κ3) is 34.2. The van der Waals surface area contributed by atoms with E-state index >= 15 is 0 Å². The summed E-state index contributed by atoms with van der Waals surface area (Å²) in [6, 6.07) is 1.76. The Kier molecular flexibility index (Phi) is 37.7. The van der Waals surface area contributed by atoms with Crippen LogP contribution in [0.25, 0.3) is 0 Å². The van der Waals surface area contributed by atoms with Gasteiger partial charge in [0.05, 0.1) is 18.3 Å². The van der Waals surface area contributed by atoms with Crippen molar-refractivity contribution in [1.29, 1.82) is 0 Å². The van der Waals surface area contributed by atoms with Gasteiger partial charge >= 0.3 is 11.9 Å². The molecule has 350 valence electrons. The Morgan fingerprint density at radius 3 is 1.73 bits per heavy atom. The van der Waals surface area contributed by atoms with E-state index in [1.807, 2.05) is 0 Å². The lowest BCUT2D eigenvalue weighted by atomic mass is 10.0. The van der Waals surface area contributed by atoms with Gasteiger partial charge in [-0.15, -0.1) is 0 Å². The summed E-state index contributed by atoms with van der Waals surface area (Å²) in [5, 5.41) is 13.9. The van der Waals surface area contributed by atoms with Crippen molar-refractivity contribution in [2.24, 2.45) is 5.92 Å². The molecule has 1 heterocycles. The predicted octanol–water partition coefficient (Wildman–Crippen LogP) is 13.0. The van der Waals surface area contributed by atoms with Gasteiger partial charge in [-0.3, -0.25) is 14.4 Å². The van der Waals surface area contributed by atoms with Gasteiger partial charge in [0.1, 0.15) is 6.10 Å². The third-order valence-corrected chi connectivity index (χ3v) is 11.9. The van der Waals surface area contributed by atoms with Crippen LogP contribution in [0.2, 0.25) is 0 Å². The summed E-state index contributed by atoms with van der Waals surface area (Å²) in [4.78, 5) is 42.7. The number of aromatic amines is 1. The molecule has 0 bridgehead atoms. The average Bonchev–Trinajstić information content (AvgIpc) is 3.79. The molecule has 0 aliphatic heterocycles. The van der Waals surface area contributed by atoms with Crippen molar-refractivity contribution in [3.63, 3.8) is 0 Å². The van der Waals surface area contributed by atoms with Crippen molar-refractivity contribution in [2.75, 3.05) is 32.8 Å². The van der Waals surface area contributed by atoms with Crippen LogP contribution in [0.5, 0.6) is 0 Å². The number of ether oxygens (including phenoxy) is 2. The van der Waals surface area contributed by atoms with Gasteiger partial charge in [0.2, 0.25) is 0 Å². The molecule has 0 saturated carbocycles. The summed E-state index contributed by atoms with van der Waals surface area (Å²) in [5.74, 6) is 0.249. The first-order chi connectivity index (χ1) is 29.3. The quantitative estimate of drug-likeness (QED) is 0.0442. The second kappa shape index (κ2) is 40.7. The molecular formula is C51H95N3O6. The fourth-order valence-electron chi connectivity index (χ4n) is 8.00. The first-order valence-corrected chi connectivity index (χ1v) is 25.4. The molecule has 0 aliphatic rings. The van der Waals surface area contributed by atoms with Gasteiger partial charge < -0.3 is 29.8 Å². The molecule has 2 unspecified atom stereocenters. The highest BCUT2D eigenvalue weighted by atomic mass is 16.5. The molecule has 1 rings (SSSR count). The van der Waals surface area contributed by atoms with Crippen LogP contribution in [0.1, 0.15) is 244 Å². The first-order valence-electron chi connectivity index (χ1n) is 25.4. The summed E-state index contributed by atoms with van der Waals surface area (Å²) >= 11 is 0. The van der Waals surface area contributed by atoms with Gasteiger partial charge in [0.25, 0.3) is 5.91 Å². The van der Waals surface area contributed by atoms with Crippen LogP contribution in [0.3, 0.4) is 0 Å². The monoisotopic (exact) mass is 846 g/mol. The van der Waals surface area contributed by atoms with E-state index in [4.69, 9.17) is 9.47 Å². The van der Waals surface area contributed by atoms with Gasteiger partial charge in [-0.2, -0.15) is 0 Å². The van der Waals surface area contributed by atoms with E-state index in [0.29, 0.717) is 50.4 Å². The second-order valence-corrected chi connectivity index (χ2v) is 18.0. The molecule has 1 aromatic heterocycles. The number of aliphatic hydroxyl groups excluding tert-OH is 1. The lowest BCUT2D eigenvalue weighted by Gasteiger charge is -2.25. The predicted molar refractivity (Wildman–Crippen MR) is 250 cm³/mol. The number of H-pyrrole nitrogens is 1. The first kappa shape index (κ1) is 55.6. The lowest BCUT2D eigenvalue weighted by molar-refractivity contribution is -0.150. The number of nitrogens with one attached hydrogen (secondary N) is 2. The van der Waals surface area contributed by atoms with Crippen LogP contribution in [-0.2, 0) is 19.1 Å². The Morgan fingerprint density at radius 2 is 1.13 bits per heavy atom. The number of rotatable bonds is 44. The van der Waals surface area contributed by atoms with Crippen LogP contribution < -0.4 is 5.32 Å². The number of hydrogen-bond donors (Lipinski definition) is 3. The Bertz CT molecular complexity index is 1100. The molecule has 3 N–H and O–H groups in total. The van der Waals surface area contributed by atoms with Crippen LogP contribution in [0.15, 0.2) is 18.5 Å². The molecule has 0 aromatic carbocycles. The van der Waals surface area contributed by atoms with Crippen molar-refractivity contribution in [3.8, 4) is 0 Å². The van der Waals surface area contributed by atoms with Crippen molar-refractivity contribution in [2.45, 2.75) is 245 Å². The van der Waals surface area contributed by atoms with E-state index in [1.165, 1.54) is 89.9 Å². The van der Waals surface area contributed by atoms with Crippen molar-refractivity contribution < 1.29 is 29.0 Å². The number of nitrogens with zero attached hydrogens (tertiary/aromatic N) is 1. The molecule has 60 heavy (non-hydrogen) atoms. The molecule has 0 radical (unpaired) electrons. The summed E-state index contributed by atoms with van der Waals surface area (Å²) < 4.78 is 11.6. The molecule has 1 amide bonds. The fourth-order valence-corrected chi connectivity index (χ4v) is 8.00. The molecule has 0 saturated heterocycles. The highest BCUT2D eigenvalue weighted by Crippen LogP contribution is 2.19. The maximum atomic E-state index is 12.9. The summed E-state index contributed by atoms with van der Waals surface area (Å²) in [6.45, 7) is 12.5. The summed E-state index contributed by atoms with van der Waals surface area (Å²) in [6.07, 6.45) is 37.7. The largest absolute Gasteiger partial charge is 0.465 e. The summed E-state index contributed by atoms with van der Waals surface area (Å²) in [5.41, 5.74) is 0.633. The van der Waals surface area contributed by atoms with Crippen LogP contribution in [-0.4, -0.2) is 77.8 Å². The van der Waals surface area contributed by atoms with Gasteiger partial charge in [0, 0.05) is 38.3 Å². The highest BCUT2D eigenvalue weighted by molar-refractivity contribution is 5.93. The number of esters is 2. The van der Waals surface area contributed by atoms with Crippen molar-refractivity contribution in [3.05, 3.63) is 24.0 Å². The number of carbonyl (C=O) groups is 3. The van der Waals surface area contributed by atoms with Gasteiger partial charge in [-0.05, 0) is 102 Å². The zero-order valence-corrected chi connectivity index (χ0v) is 39.6. The Morgan fingerprint density at radius 1 is 0.633 bits per heavy atom. The normalized spacial score (nSPS) is 12.6. The molecular weight excluding hydrogens is 751 g/mol. The molecule has 1 aromatic rings. The number of carbonyl (C=O) groups excluding carboxylic acids is 3. The maximum Gasteiger partial charge on any atom is 0.306 e. The third-order valence-electron chi connectivity index (χ3n) is 11.9. The number of aromatic nitrogens is 1. The molecule has 0 spiro atoms. The van der Waals surface area contributed by atoms with E-state index in [2.05, 4.69) is 42.9 Å². The zero-order chi connectivity index (χ0) is 43.7. The van der Waals surface area contributed by atoms with Gasteiger partial charge in [-0.1, -0.05) is 143 Å². The number of unbranched alkanes of at least 4 members (excludes halogenated alkanes) is 20. The van der Waals surface area contributed by atoms with Crippen molar-refractivity contribution in [1.82, 2.24) is 15.2 Å². The second-order valence-electron chi connectivity index (χ2n) is 18.0. The number of hydrogen-bond acceptors (Lipinski definition) is 7. The van der Waals surface area contributed by atoms with E-state index in [9.17, 15) is 19.5 Å². The van der Waals surface area contributed by atoms with Crippen molar-refractivity contribution >= 4 is 17.8 Å². The Hall–Kier alpha value is -2.39. The molecule has 0 aliphatic carbocycles. The lowest BCUT2D eigenvalue weighted by Crippen LogP contribution is -2.34. The summed E-state index contributed by atoms with van der Waals surface area (Å²) in [7, 11) is 0. The zero-order valence-electron chi connectivity index (χ0n) is 39.6. The minimum atomic E-state index is -0.415. The van der Waals surface area contributed by atoms with E-state index in [1.54, 1.807) is 18.5 Å². The van der Waals surface area contributed by atoms with Crippen LogP contribution in [0, 0.1) is 5.92 Å². The topological polar surface area (TPSA) is 121 Å². The molecule has 9 heteroatoms. The average molecular weight is 846 g/mol. The standard InChI is InChI=1S/C51H95N3O6/c1-5-8-11-14-17-23-33-48(34-24-18-15-12-9-6-2)60-50(57)36-25-19-16-20-29-40-54(43-47(55)32-27-28-38-53-51(58)46-37-39-52-42-46)41-30-21-26-35-49(56)59-44-45(4)31-22-13-10-7-3/h37,39,42,45,47-48,52,55H,5-36,38,40-41,43-44H2,1-4H3,(H,53,58). The molecule has 9 nitrogen and oxygen atoms in total. The van der Waals surface area contributed by atoms with Crippen LogP contribution >= 0.6 is 0 Å². The van der Waals surface area contributed by atoms with Crippen LogP contribution in [0.4, 0.5) is 0 Å². The SMILES string of the molecule is CCCCCCCCC(CCCCCCCC)OC(=O)CCCCCCCN(CCCCCC(=O)OCC(C)CCCCCC)CC(O)CCCCNC(=O)c1cc[nH]c1. The minimum absolute atomic E-state index is 0.0132. The van der Waals surface area contributed by atoms with E-state index in [-0.39, 0.29) is 23.9 Å². The number of aliphatic hydroxyl groups is 1.